The van der Waals surface area contributed by atoms with Crippen LogP contribution >= 0.6 is 0 Å². The van der Waals surface area contributed by atoms with E-state index in [0.29, 0.717) is 30.3 Å². The van der Waals surface area contributed by atoms with Gasteiger partial charge >= 0.3 is 66.1 Å². The molecule has 3 aromatic carbocycles. The van der Waals surface area contributed by atoms with Gasteiger partial charge in [-0.25, -0.2) is 28.8 Å². The van der Waals surface area contributed by atoms with E-state index in [2.05, 4.69) is 0 Å². The number of carbonyl (C=O) groups excluding carboxylic acids is 6. The van der Waals surface area contributed by atoms with Gasteiger partial charge in [0.25, 0.3) is 30.4 Å². The largest absolute Gasteiger partial charge is 1.20 e. The molecule has 0 bridgehead atoms. The van der Waals surface area contributed by atoms with E-state index in [1.54, 1.807) is 0 Å². The van der Waals surface area contributed by atoms with E-state index in [9.17, 15) is 67.7 Å². The summed E-state index contributed by atoms with van der Waals surface area (Å²) in [5, 5.41) is 0. The molecule has 0 atom stereocenters. The average Bonchev–Trinajstić information content (AvgIpc) is 3.21. The molecule has 2 heterocycles. The van der Waals surface area contributed by atoms with Crippen molar-refractivity contribution < 1.29 is 90.4 Å². The number of carbonyl (C=O) groups is 6. The van der Waals surface area contributed by atoms with Crippen LogP contribution in [0.1, 0.15) is 62.1 Å². The highest BCUT2D eigenvalue weighted by Gasteiger charge is 2.54. The summed E-state index contributed by atoms with van der Waals surface area (Å²) in [6.07, 6.45) is 0. The first-order chi connectivity index (χ1) is 23.1. The summed E-state index contributed by atoms with van der Waals surface area (Å²) in [6.45, 7) is 0. The molecule has 0 fully saturated rings. The zero-order valence-corrected chi connectivity index (χ0v) is 28.5. The first-order valence-corrected chi connectivity index (χ1v) is 19.9. The van der Waals surface area contributed by atoms with E-state index in [4.69, 9.17) is 22.7 Å². The van der Waals surface area contributed by atoms with Gasteiger partial charge in [0.15, 0.2) is 0 Å². The normalized spacial score (nSPS) is 14.9. The number of benzene rings is 3. The molecular formula is C24H12Al2O21S3. The van der Waals surface area contributed by atoms with E-state index in [1.165, 1.54) is 0 Å². The summed E-state index contributed by atoms with van der Waals surface area (Å²) in [6, 6.07) is 5.83. The zero-order chi connectivity index (χ0) is 36.9. The van der Waals surface area contributed by atoms with Crippen LogP contribution in [0.2, 0.25) is 0 Å². The Morgan fingerprint density at radius 3 is 1.18 bits per heavy atom. The van der Waals surface area contributed by atoms with Gasteiger partial charge in [-0.15, -0.1) is 0 Å². The Balaban J connectivity index is 1.41. The molecule has 21 nitrogen and oxygen atoms in total. The maximum atomic E-state index is 13.2. The fraction of sp³-hybridized carbons (Fsp3) is 0. The molecule has 50 heavy (non-hydrogen) atoms. The van der Waals surface area contributed by atoms with Crippen LogP contribution in [0.3, 0.4) is 0 Å². The summed E-state index contributed by atoms with van der Waals surface area (Å²) < 4.78 is 127. The fourth-order valence-electron chi connectivity index (χ4n) is 4.14. The summed E-state index contributed by atoms with van der Waals surface area (Å²) in [4.78, 5) is 74.3. The van der Waals surface area contributed by atoms with Crippen molar-refractivity contribution >= 4 is 96.5 Å². The summed E-state index contributed by atoms with van der Waals surface area (Å²) in [5.41, 5.74) is -4.50. The molecule has 0 saturated carbocycles. The smallest absolute Gasteiger partial charge is 0.547 e. The predicted molar refractivity (Wildman–Crippen MR) is 153 cm³/mol. The highest BCUT2D eigenvalue weighted by molar-refractivity contribution is 7.86. The van der Waals surface area contributed by atoms with Crippen molar-refractivity contribution in [2.24, 2.45) is 0 Å². The molecule has 5 rings (SSSR count). The lowest BCUT2D eigenvalue weighted by atomic mass is 10.1. The quantitative estimate of drug-likeness (QED) is 0.206. The maximum absolute atomic E-state index is 13.2. The summed E-state index contributed by atoms with van der Waals surface area (Å²) >= 11 is -8.53. The third-order valence-electron chi connectivity index (χ3n) is 6.41. The Morgan fingerprint density at radius 2 is 0.800 bits per heavy atom. The topological polar surface area (TPSA) is 321 Å². The number of hydrogen-bond donors (Lipinski definition) is 3. The third-order valence-corrected chi connectivity index (χ3v) is 11.4. The molecule has 0 aromatic heterocycles. The third kappa shape index (κ3) is 7.69. The molecule has 3 aromatic rings. The molecule has 3 N–H and O–H groups in total. The molecule has 0 spiro atoms. The molecule has 0 saturated heterocycles. The van der Waals surface area contributed by atoms with Crippen molar-refractivity contribution in [3.8, 4) is 0 Å². The Bertz CT molecular complexity index is 2390. The van der Waals surface area contributed by atoms with Crippen LogP contribution in [0.4, 0.5) is 0 Å². The highest BCUT2D eigenvalue weighted by atomic mass is 32.2. The minimum Gasteiger partial charge on any atom is -0.547 e. The Kier molecular flexibility index (Phi) is 9.65. The van der Waals surface area contributed by atoms with Gasteiger partial charge in [-0.2, -0.15) is 25.3 Å². The highest BCUT2D eigenvalue weighted by Crippen LogP contribution is 2.26. The van der Waals surface area contributed by atoms with Crippen LogP contribution < -0.4 is 0 Å². The van der Waals surface area contributed by atoms with Crippen molar-refractivity contribution in [3.05, 3.63) is 88.0 Å². The molecule has 0 aliphatic carbocycles. The van der Waals surface area contributed by atoms with E-state index in [1.807, 2.05) is 0 Å². The van der Waals surface area contributed by atoms with E-state index >= 15 is 0 Å². The van der Waals surface area contributed by atoms with Crippen molar-refractivity contribution in [3.63, 3.8) is 0 Å². The SMILES string of the molecule is O=C1[O][Al]([O]C(=O)c2ccc(S(=O)(=O)O)cc2C(=O)[O][Al]2[O]C(=O)c3ccc(S(=O)(=O)O)cc3C(=O)[O]2)[O]C(=O)c2cc(S(=O)(=O)O)ccc21. The van der Waals surface area contributed by atoms with E-state index < -0.39 is 145 Å². The maximum Gasteiger partial charge on any atom is 1.20 e. The second kappa shape index (κ2) is 13.2. The number of fused-ring (bicyclic) bond motifs is 2. The van der Waals surface area contributed by atoms with Crippen molar-refractivity contribution in [2.75, 3.05) is 0 Å². The zero-order valence-electron chi connectivity index (χ0n) is 23.8. The van der Waals surface area contributed by atoms with Crippen LogP contribution in [-0.2, 0) is 53.1 Å². The molecule has 2 aliphatic rings. The first-order valence-electron chi connectivity index (χ1n) is 12.7. The van der Waals surface area contributed by atoms with Crippen molar-refractivity contribution in [2.45, 2.75) is 14.7 Å². The summed E-state index contributed by atoms with van der Waals surface area (Å²) in [7, 11) is -14.8. The van der Waals surface area contributed by atoms with Gasteiger partial charge in [0.05, 0.1) is 48.1 Å². The standard InChI is InChI=1S/3C8H6O7S.2Al/c3*9-7(10)5-2-1-4(16(13,14)15)3-6(5)8(11)12;;/h3*1-3H,(H,9,10)(H,11,12)(H,13,14,15);;/q;;;2*+3/p-6. The molecule has 2 aliphatic heterocycles. The van der Waals surface area contributed by atoms with Gasteiger partial charge in [0, 0.05) is 0 Å². The monoisotopic (exact) mass is 786 g/mol. The minimum atomic E-state index is -5.08. The molecule has 258 valence electrons. The molecular weight excluding hydrogens is 774 g/mol. The van der Waals surface area contributed by atoms with Crippen LogP contribution in [0.25, 0.3) is 0 Å². The predicted octanol–water partition coefficient (Wildman–Crippen LogP) is -0.235. The molecule has 0 unspecified atom stereocenters. The average molecular weight is 787 g/mol. The van der Waals surface area contributed by atoms with Crippen LogP contribution in [0.15, 0.2) is 69.3 Å². The Morgan fingerprint density at radius 1 is 0.480 bits per heavy atom. The number of rotatable bonds is 7. The van der Waals surface area contributed by atoms with Crippen molar-refractivity contribution in [1.29, 1.82) is 0 Å². The van der Waals surface area contributed by atoms with Gasteiger partial charge in [-0.05, 0) is 54.6 Å². The Labute approximate surface area is 288 Å². The van der Waals surface area contributed by atoms with Gasteiger partial charge < -0.3 is 22.7 Å². The first kappa shape index (κ1) is 36.6. The lowest BCUT2D eigenvalue weighted by molar-refractivity contribution is 0.0389. The van der Waals surface area contributed by atoms with Gasteiger partial charge in [-0.1, -0.05) is 0 Å². The van der Waals surface area contributed by atoms with Crippen molar-refractivity contribution in [1.82, 2.24) is 0 Å². The molecule has 0 radical (unpaired) electrons. The van der Waals surface area contributed by atoms with Crippen LogP contribution in [0.5, 0.6) is 0 Å². The van der Waals surface area contributed by atoms with Gasteiger partial charge in [-0.3, -0.25) is 13.7 Å². The number of hydrogen-bond acceptors (Lipinski definition) is 18. The second-order valence-corrected chi connectivity index (χ2v) is 16.4. The summed E-state index contributed by atoms with van der Waals surface area (Å²) in [5.74, 6) is -8.97. The van der Waals surface area contributed by atoms with Gasteiger partial charge in [0.2, 0.25) is 0 Å². The van der Waals surface area contributed by atoms with E-state index in [-0.39, 0.29) is 0 Å². The lowest BCUT2D eigenvalue weighted by Gasteiger charge is -2.14. The Hall–Kier alpha value is -4.73. The lowest BCUT2D eigenvalue weighted by Crippen LogP contribution is -2.34. The van der Waals surface area contributed by atoms with Crippen LogP contribution in [-0.4, -0.2) is 105 Å². The second-order valence-electron chi connectivity index (χ2n) is 9.56. The molecule has 26 heteroatoms. The van der Waals surface area contributed by atoms with E-state index in [0.717, 1.165) is 24.3 Å². The van der Waals surface area contributed by atoms with Gasteiger partial charge in [0.1, 0.15) is 0 Å². The minimum absolute atomic E-state index is 0.384. The van der Waals surface area contributed by atoms with Crippen LogP contribution in [0, 0.1) is 0 Å². The molecule has 0 amide bonds. The fourth-order valence-corrected chi connectivity index (χ4v) is 7.76.